The van der Waals surface area contributed by atoms with Crippen molar-refractivity contribution < 1.29 is 0 Å². The monoisotopic (exact) mass is 367 g/mol. The quantitative estimate of drug-likeness (QED) is 0.456. The number of anilines is 2. The second kappa shape index (κ2) is 6.43. The lowest BCUT2D eigenvalue weighted by atomic mass is 10.1. The van der Waals surface area contributed by atoms with Gasteiger partial charge in [-0.1, -0.05) is 41.4 Å². The van der Waals surface area contributed by atoms with E-state index in [0.29, 0.717) is 10.0 Å². The van der Waals surface area contributed by atoms with Gasteiger partial charge >= 0.3 is 0 Å². The first kappa shape index (κ1) is 16.0. The average Bonchev–Trinajstić information content (AvgIpc) is 2.95. The summed E-state index contributed by atoms with van der Waals surface area (Å²) in [7, 11) is 0. The molecule has 0 radical (unpaired) electrons. The predicted molar refractivity (Wildman–Crippen MR) is 105 cm³/mol. The Morgan fingerprint density at radius 1 is 0.920 bits per heavy atom. The van der Waals surface area contributed by atoms with Crippen LogP contribution in [0.1, 0.15) is 5.56 Å². The van der Waals surface area contributed by atoms with Crippen LogP contribution in [0, 0.1) is 6.92 Å². The molecule has 2 aromatic heterocycles. The van der Waals surface area contributed by atoms with Gasteiger partial charge in [-0.25, -0.2) is 4.98 Å². The van der Waals surface area contributed by atoms with E-state index in [9.17, 15) is 0 Å². The second-order valence-electron chi connectivity index (χ2n) is 5.89. The molecule has 0 unspecified atom stereocenters. The Hall–Kier alpha value is -2.49. The number of fused-ring (bicyclic) bond motifs is 1. The van der Waals surface area contributed by atoms with E-state index in [4.69, 9.17) is 28.2 Å². The number of hydrogen-bond acceptors (Lipinski definition) is 2. The van der Waals surface area contributed by atoms with Crippen LogP contribution in [0.2, 0.25) is 10.0 Å². The number of pyridine rings is 1. The van der Waals surface area contributed by atoms with Crippen LogP contribution in [0.15, 0.2) is 66.9 Å². The van der Waals surface area contributed by atoms with Gasteiger partial charge in [0.1, 0.15) is 17.2 Å². The zero-order valence-electron chi connectivity index (χ0n) is 13.5. The molecular formula is C20H15Cl2N3. The SMILES string of the molecule is Cc1ccc2nc(-c3cccc(Cl)c3)c(Nc3ccc(Cl)cc3)n2c1. The number of imidazole rings is 1. The van der Waals surface area contributed by atoms with Crippen molar-refractivity contribution in [1.29, 1.82) is 0 Å². The Labute approximate surface area is 155 Å². The molecule has 0 bridgehead atoms. The molecular weight excluding hydrogens is 353 g/mol. The van der Waals surface area contributed by atoms with E-state index in [0.717, 1.165) is 34.0 Å². The number of aryl methyl sites for hydroxylation is 1. The molecule has 0 spiro atoms. The van der Waals surface area contributed by atoms with Crippen molar-refractivity contribution >= 4 is 40.4 Å². The first-order chi connectivity index (χ1) is 12.1. The van der Waals surface area contributed by atoms with Crippen molar-refractivity contribution in [1.82, 2.24) is 9.38 Å². The lowest BCUT2D eigenvalue weighted by Gasteiger charge is -2.10. The largest absolute Gasteiger partial charge is 0.339 e. The van der Waals surface area contributed by atoms with Gasteiger partial charge in [0.25, 0.3) is 0 Å². The van der Waals surface area contributed by atoms with E-state index >= 15 is 0 Å². The first-order valence-electron chi connectivity index (χ1n) is 7.87. The van der Waals surface area contributed by atoms with Crippen LogP contribution < -0.4 is 5.32 Å². The molecule has 0 atom stereocenters. The molecule has 0 aliphatic carbocycles. The molecule has 124 valence electrons. The summed E-state index contributed by atoms with van der Waals surface area (Å²) >= 11 is 12.2. The summed E-state index contributed by atoms with van der Waals surface area (Å²) in [6.45, 7) is 2.06. The van der Waals surface area contributed by atoms with Gasteiger partial charge in [-0.3, -0.25) is 4.40 Å². The normalized spacial score (nSPS) is 11.0. The van der Waals surface area contributed by atoms with Gasteiger partial charge in [0, 0.05) is 27.5 Å². The van der Waals surface area contributed by atoms with Gasteiger partial charge in [0.15, 0.2) is 0 Å². The van der Waals surface area contributed by atoms with Crippen molar-refractivity contribution in [3.05, 3.63) is 82.5 Å². The van der Waals surface area contributed by atoms with Crippen LogP contribution in [0.3, 0.4) is 0 Å². The first-order valence-corrected chi connectivity index (χ1v) is 8.63. The smallest absolute Gasteiger partial charge is 0.143 e. The molecule has 1 N–H and O–H groups in total. The molecule has 3 nitrogen and oxygen atoms in total. The molecule has 2 heterocycles. The number of aromatic nitrogens is 2. The van der Waals surface area contributed by atoms with E-state index in [1.165, 1.54) is 0 Å². The van der Waals surface area contributed by atoms with Crippen LogP contribution in [0.25, 0.3) is 16.9 Å². The molecule has 0 fully saturated rings. The molecule has 4 rings (SSSR count). The summed E-state index contributed by atoms with van der Waals surface area (Å²) in [6, 6.07) is 19.4. The number of hydrogen-bond donors (Lipinski definition) is 1. The Kier molecular flexibility index (Phi) is 4.12. The Balaban J connectivity index is 1.91. The Bertz CT molecular complexity index is 1050. The fraction of sp³-hybridized carbons (Fsp3) is 0.0500. The van der Waals surface area contributed by atoms with Gasteiger partial charge in [0.2, 0.25) is 0 Å². The third-order valence-electron chi connectivity index (χ3n) is 3.97. The summed E-state index contributed by atoms with van der Waals surface area (Å²) in [5, 5.41) is 4.85. The van der Waals surface area contributed by atoms with Crippen molar-refractivity contribution in [2.45, 2.75) is 6.92 Å². The molecule has 0 saturated carbocycles. The summed E-state index contributed by atoms with van der Waals surface area (Å²) in [6.07, 6.45) is 2.06. The highest BCUT2D eigenvalue weighted by molar-refractivity contribution is 6.31. The molecule has 5 heteroatoms. The standard InChI is InChI=1S/C20H15Cl2N3/c1-13-5-10-18-24-19(14-3-2-4-16(22)11-14)20(25(18)12-13)23-17-8-6-15(21)7-9-17/h2-12,23H,1H3. The number of rotatable bonds is 3. The minimum absolute atomic E-state index is 0.683. The van der Waals surface area contributed by atoms with Gasteiger partial charge < -0.3 is 5.32 Å². The Morgan fingerprint density at radius 2 is 1.72 bits per heavy atom. The Morgan fingerprint density at radius 3 is 2.48 bits per heavy atom. The van der Waals surface area contributed by atoms with Crippen LogP contribution >= 0.6 is 23.2 Å². The summed E-state index contributed by atoms with van der Waals surface area (Å²) in [4.78, 5) is 4.79. The molecule has 0 amide bonds. The van der Waals surface area contributed by atoms with Crippen LogP contribution in [-0.2, 0) is 0 Å². The molecule has 0 aliphatic heterocycles. The van der Waals surface area contributed by atoms with E-state index in [-0.39, 0.29) is 0 Å². The topological polar surface area (TPSA) is 29.3 Å². The highest BCUT2D eigenvalue weighted by Gasteiger charge is 2.15. The average molecular weight is 368 g/mol. The number of benzene rings is 2. The number of nitrogens with one attached hydrogen (secondary N) is 1. The molecule has 25 heavy (non-hydrogen) atoms. The minimum Gasteiger partial charge on any atom is -0.339 e. The van der Waals surface area contributed by atoms with Crippen LogP contribution in [0.5, 0.6) is 0 Å². The predicted octanol–water partition coefficient (Wildman–Crippen LogP) is 6.36. The van der Waals surface area contributed by atoms with Crippen molar-refractivity contribution in [2.24, 2.45) is 0 Å². The molecule has 0 saturated heterocycles. The van der Waals surface area contributed by atoms with E-state index < -0.39 is 0 Å². The maximum Gasteiger partial charge on any atom is 0.143 e. The van der Waals surface area contributed by atoms with Crippen molar-refractivity contribution in [3.63, 3.8) is 0 Å². The third-order valence-corrected chi connectivity index (χ3v) is 4.46. The van der Waals surface area contributed by atoms with E-state index in [1.807, 2.05) is 54.6 Å². The zero-order valence-corrected chi connectivity index (χ0v) is 15.0. The van der Waals surface area contributed by atoms with Crippen LogP contribution in [-0.4, -0.2) is 9.38 Å². The summed E-state index contributed by atoms with van der Waals surface area (Å²) in [5.41, 5.74) is 4.78. The molecule has 0 aliphatic rings. The van der Waals surface area contributed by atoms with Gasteiger partial charge in [-0.05, 0) is 55.0 Å². The second-order valence-corrected chi connectivity index (χ2v) is 6.76. The van der Waals surface area contributed by atoms with E-state index in [1.54, 1.807) is 0 Å². The lowest BCUT2D eigenvalue weighted by Crippen LogP contribution is -1.97. The number of halogens is 2. The highest BCUT2D eigenvalue weighted by atomic mass is 35.5. The summed E-state index contributed by atoms with van der Waals surface area (Å²) in [5.74, 6) is 0.892. The van der Waals surface area contributed by atoms with Crippen molar-refractivity contribution in [2.75, 3.05) is 5.32 Å². The van der Waals surface area contributed by atoms with Gasteiger partial charge in [-0.15, -0.1) is 0 Å². The maximum absolute atomic E-state index is 6.18. The van der Waals surface area contributed by atoms with E-state index in [2.05, 4.69) is 28.9 Å². The summed E-state index contributed by atoms with van der Waals surface area (Å²) < 4.78 is 2.06. The zero-order chi connectivity index (χ0) is 17.4. The fourth-order valence-corrected chi connectivity index (χ4v) is 3.09. The highest BCUT2D eigenvalue weighted by Crippen LogP contribution is 2.32. The third kappa shape index (κ3) is 3.21. The van der Waals surface area contributed by atoms with Gasteiger partial charge in [-0.2, -0.15) is 0 Å². The minimum atomic E-state index is 0.683. The molecule has 4 aromatic rings. The maximum atomic E-state index is 6.18. The van der Waals surface area contributed by atoms with Crippen LogP contribution in [0.4, 0.5) is 11.5 Å². The lowest BCUT2D eigenvalue weighted by molar-refractivity contribution is 1.16. The van der Waals surface area contributed by atoms with Crippen molar-refractivity contribution in [3.8, 4) is 11.3 Å². The fourth-order valence-electron chi connectivity index (χ4n) is 2.78. The number of nitrogens with zero attached hydrogens (tertiary/aromatic N) is 2. The molecule has 2 aromatic carbocycles. The van der Waals surface area contributed by atoms with Gasteiger partial charge in [0.05, 0.1) is 0 Å².